The minimum atomic E-state index is 0.665. The standard InChI is InChI=1S/C15H26N4O/c1-3-19-8-4-6-13(12-19)10-17-15(16-2)18-11-14-7-5-9-20-14/h5,7,9,13H,3-4,6,8,10-12H2,1-2H3,(H2,16,17,18). The van der Waals surface area contributed by atoms with Crippen LogP contribution in [0.1, 0.15) is 25.5 Å². The maximum atomic E-state index is 5.30. The van der Waals surface area contributed by atoms with E-state index in [0.29, 0.717) is 12.5 Å². The molecule has 0 bridgehead atoms. The lowest BCUT2D eigenvalue weighted by Gasteiger charge is -2.32. The molecule has 1 aromatic heterocycles. The lowest BCUT2D eigenvalue weighted by molar-refractivity contribution is 0.183. The van der Waals surface area contributed by atoms with Crippen molar-refractivity contribution in [2.75, 3.05) is 33.2 Å². The van der Waals surface area contributed by atoms with Crippen molar-refractivity contribution < 1.29 is 4.42 Å². The number of piperidine rings is 1. The van der Waals surface area contributed by atoms with Crippen molar-refractivity contribution in [1.29, 1.82) is 0 Å². The normalized spacial score (nSPS) is 20.9. The average molecular weight is 278 g/mol. The summed E-state index contributed by atoms with van der Waals surface area (Å²) < 4.78 is 5.30. The minimum absolute atomic E-state index is 0.665. The van der Waals surface area contributed by atoms with Crippen LogP contribution in [0.25, 0.3) is 0 Å². The fourth-order valence-corrected chi connectivity index (χ4v) is 2.65. The van der Waals surface area contributed by atoms with Crippen molar-refractivity contribution in [3.8, 4) is 0 Å². The summed E-state index contributed by atoms with van der Waals surface area (Å²) in [6.45, 7) is 7.48. The van der Waals surface area contributed by atoms with Crippen LogP contribution in [0.5, 0.6) is 0 Å². The topological polar surface area (TPSA) is 52.8 Å². The van der Waals surface area contributed by atoms with Gasteiger partial charge in [-0.05, 0) is 44.0 Å². The van der Waals surface area contributed by atoms with Gasteiger partial charge in [0.05, 0.1) is 12.8 Å². The largest absolute Gasteiger partial charge is 0.467 e. The summed E-state index contributed by atoms with van der Waals surface area (Å²) in [5, 5.41) is 6.68. The molecule has 2 N–H and O–H groups in total. The first-order valence-electron chi connectivity index (χ1n) is 7.51. The maximum Gasteiger partial charge on any atom is 0.191 e. The summed E-state index contributed by atoms with van der Waals surface area (Å²) >= 11 is 0. The van der Waals surface area contributed by atoms with Crippen LogP contribution in [0.4, 0.5) is 0 Å². The number of nitrogens with one attached hydrogen (secondary N) is 2. The van der Waals surface area contributed by atoms with Gasteiger partial charge in [-0.25, -0.2) is 0 Å². The highest BCUT2D eigenvalue weighted by Gasteiger charge is 2.18. The average Bonchev–Trinajstić information content (AvgIpc) is 3.01. The molecule has 0 amide bonds. The Morgan fingerprint density at radius 1 is 1.50 bits per heavy atom. The lowest BCUT2D eigenvalue weighted by atomic mass is 9.98. The number of likely N-dealkylation sites (tertiary alicyclic amines) is 1. The highest BCUT2D eigenvalue weighted by atomic mass is 16.3. The van der Waals surface area contributed by atoms with Crippen molar-refractivity contribution in [3.63, 3.8) is 0 Å². The van der Waals surface area contributed by atoms with Crippen LogP contribution >= 0.6 is 0 Å². The van der Waals surface area contributed by atoms with Gasteiger partial charge in [0.15, 0.2) is 5.96 Å². The first kappa shape index (κ1) is 14.9. The molecule has 20 heavy (non-hydrogen) atoms. The first-order chi connectivity index (χ1) is 9.81. The first-order valence-corrected chi connectivity index (χ1v) is 7.51. The highest BCUT2D eigenvalue weighted by molar-refractivity contribution is 5.79. The maximum absolute atomic E-state index is 5.30. The molecule has 2 heterocycles. The van der Waals surface area contributed by atoms with Gasteiger partial charge in [-0.1, -0.05) is 6.92 Å². The van der Waals surface area contributed by atoms with Crippen molar-refractivity contribution in [1.82, 2.24) is 15.5 Å². The quantitative estimate of drug-likeness (QED) is 0.635. The molecule has 112 valence electrons. The number of furan rings is 1. The molecule has 5 nitrogen and oxygen atoms in total. The summed E-state index contributed by atoms with van der Waals surface area (Å²) in [7, 11) is 1.80. The number of hydrogen-bond acceptors (Lipinski definition) is 3. The van der Waals surface area contributed by atoms with Crippen molar-refractivity contribution >= 4 is 5.96 Å². The second-order valence-electron chi connectivity index (χ2n) is 5.29. The summed E-state index contributed by atoms with van der Waals surface area (Å²) in [5.74, 6) is 2.48. The molecule has 0 aromatic carbocycles. The van der Waals surface area contributed by atoms with E-state index in [1.165, 1.54) is 25.9 Å². The van der Waals surface area contributed by atoms with Crippen molar-refractivity contribution in [3.05, 3.63) is 24.2 Å². The molecule has 5 heteroatoms. The third-order valence-electron chi connectivity index (χ3n) is 3.84. The predicted molar refractivity (Wildman–Crippen MR) is 81.7 cm³/mol. The summed E-state index contributed by atoms with van der Waals surface area (Å²) in [4.78, 5) is 6.77. The Labute approximate surface area is 121 Å². The van der Waals surface area contributed by atoms with E-state index in [0.717, 1.165) is 24.8 Å². The Morgan fingerprint density at radius 2 is 2.40 bits per heavy atom. The number of hydrogen-bond donors (Lipinski definition) is 2. The smallest absolute Gasteiger partial charge is 0.191 e. The van der Waals surface area contributed by atoms with Gasteiger partial charge in [0, 0.05) is 20.1 Å². The Bertz CT molecular complexity index is 402. The minimum Gasteiger partial charge on any atom is -0.467 e. The fraction of sp³-hybridized carbons (Fsp3) is 0.667. The second kappa shape index (κ2) is 7.94. The van der Waals surface area contributed by atoms with E-state index in [4.69, 9.17) is 4.42 Å². The van der Waals surface area contributed by atoms with E-state index in [1.54, 1.807) is 13.3 Å². The number of guanidine groups is 1. The van der Waals surface area contributed by atoms with Gasteiger partial charge < -0.3 is 20.0 Å². The van der Waals surface area contributed by atoms with Gasteiger partial charge in [0.1, 0.15) is 5.76 Å². The van der Waals surface area contributed by atoms with Gasteiger partial charge in [-0.2, -0.15) is 0 Å². The van der Waals surface area contributed by atoms with Crippen LogP contribution in [0.15, 0.2) is 27.8 Å². The van der Waals surface area contributed by atoms with Crippen LogP contribution in [-0.4, -0.2) is 44.1 Å². The van der Waals surface area contributed by atoms with Gasteiger partial charge in [0.25, 0.3) is 0 Å². The van der Waals surface area contributed by atoms with Crippen molar-refractivity contribution in [2.45, 2.75) is 26.3 Å². The number of rotatable bonds is 5. The van der Waals surface area contributed by atoms with E-state index in [2.05, 4.69) is 27.4 Å². The zero-order valence-corrected chi connectivity index (χ0v) is 12.6. The van der Waals surface area contributed by atoms with Gasteiger partial charge in [-0.3, -0.25) is 4.99 Å². The van der Waals surface area contributed by atoms with E-state index < -0.39 is 0 Å². The molecule has 1 saturated heterocycles. The molecule has 1 aliphatic heterocycles. The molecule has 1 atom stereocenters. The van der Waals surface area contributed by atoms with E-state index in [9.17, 15) is 0 Å². The third-order valence-corrected chi connectivity index (χ3v) is 3.84. The van der Waals surface area contributed by atoms with Crippen molar-refractivity contribution in [2.24, 2.45) is 10.9 Å². The highest BCUT2D eigenvalue weighted by Crippen LogP contribution is 2.15. The van der Waals surface area contributed by atoms with E-state index in [-0.39, 0.29) is 0 Å². The monoisotopic (exact) mass is 278 g/mol. The number of aliphatic imine (C=N–C) groups is 1. The molecule has 0 radical (unpaired) electrons. The molecular formula is C15H26N4O. The molecular weight excluding hydrogens is 252 g/mol. The number of nitrogens with zero attached hydrogens (tertiary/aromatic N) is 2. The predicted octanol–water partition coefficient (Wildman–Crippen LogP) is 1.68. The Balaban J connectivity index is 1.70. The van der Waals surface area contributed by atoms with Crippen LogP contribution in [0, 0.1) is 5.92 Å². The van der Waals surface area contributed by atoms with Gasteiger partial charge >= 0.3 is 0 Å². The third kappa shape index (κ3) is 4.56. The SMILES string of the molecule is CCN1CCCC(CNC(=NC)NCc2ccco2)C1. The van der Waals surface area contributed by atoms with E-state index >= 15 is 0 Å². The van der Waals surface area contributed by atoms with Gasteiger partial charge in [-0.15, -0.1) is 0 Å². The molecule has 0 spiro atoms. The van der Waals surface area contributed by atoms with E-state index in [1.807, 2.05) is 12.1 Å². The Kier molecular flexibility index (Phi) is 5.92. The Hall–Kier alpha value is -1.49. The van der Waals surface area contributed by atoms with Crippen LogP contribution in [0.2, 0.25) is 0 Å². The summed E-state index contributed by atoms with van der Waals surface area (Å²) in [6, 6.07) is 3.86. The second-order valence-corrected chi connectivity index (χ2v) is 5.29. The lowest BCUT2D eigenvalue weighted by Crippen LogP contribution is -2.44. The molecule has 1 unspecified atom stereocenters. The zero-order chi connectivity index (χ0) is 14.2. The Morgan fingerprint density at radius 3 is 3.10 bits per heavy atom. The van der Waals surface area contributed by atoms with Crippen LogP contribution in [0.3, 0.4) is 0 Å². The molecule has 1 fully saturated rings. The zero-order valence-electron chi connectivity index (χ0n) is 12.6. The van der Waals surface area contributed by atoms with Crippen LogP contribution < -0.4 is 10.6 Å². The van der Waals surface area contributed by atoms with Gasteiger partial charge in [0.2, 0.25) is 0 Å². The molecule has 2 rings (SSSR count). The molecule has 0 saturated carbocycles. The summed E-state index contributed by atoms with van der Waals surface area (Å²) in [6.07, 6.45) is 4.30. The summed E-state index contributed by atoms with van der Waals surface area (Å²) in [5.41, 5.74) is 0. The van der Waals surface area contributed by atoms with Crippen LogP contribution in [-0.2, 0) is 6.54 Å². The molecule has 1 aromatic rings. The fourth-order valence-electron chi connectivity index (χ4n) is 2.65. The molecule has 1 aliphatic rings. The molecule has 0 aliphatic carbocycles.